The van der Waals surface area contributed by atoms with E-state index in [9.17, 15) is 0 Å². The molecule has 0 spiro atoms. The molecule has 0 unspecified atom stereocenters. The van der Waals surface area contributed by atoms with Crippen LogP contribution in [0, 0.1) is 6.92 Å². The molecule has 4 aromatic rings. The number of anilines is 2. The van der Waals surface area contributed by atoms with Crippen LogP contribution in [0.5, 0.6) is 0 Å². The number of hydrogen-bond donors (Lipinski definition) is 1. The first-order valence-electron chi connectivity index (χ1n) is 8.89. The van der Waals surface area contributed by atoms with Gasteiger partial charge < -0.3 is 5.32 Å². The van der Waals surface area contributed by atoms with Crippen LogP contribution in [0.4, 0.5) is 11.4 Å². The van der Waals surface area contributed by atoms with Crippen LogP contribution in [0.1, 0.15) is 5.56 Å². The zero-order valence-corrected chi connectivity index (χ0v) is 14.8. The van der Waals surface area contributed by atoms with Gasteiger partial charge in [0.1, 0.15) is 0 Å². The first-order valence-corrected chi connectivity index (χ1v) is 8.89. The molecule has 0 aliphatic carbocycles. The van der Waals surface area contributed by atoms with Crippen LogP contribution < -0.4 is 5.32 Å². The molecule has 0 amide bonds. The van der Waals surface area contributed by atoms with Gasteiger partial charge in [0, 0.05) is 16.8 Å². The van der Waals surface area contributed by atoms with Crippen molar-refractivity contribution in [1.29, 1.82) is 0 Å². The van der Waals surface area contributed by atoms with E-state index >= 15 is 0 Å². The van der Waals surface area contributed by atoms with E-state index in [4.69, 9.17) is 0 Å². The van der Waals surface area contributed by atoms with E-state index in [0.29, 0.717) is 0 Å². The molecule has 4 rings (SSSR count). The standard InChI is InChI=1S/C25H21N/c1-19-17-18-23(20-11-5-2-6-12-20)25(26-22-15-9-4-10-16-22)24(19)21-13-7-3-8-14-21/h2-18,26H,1H3. The molecule has 0 radical (unpaired) electrons. The van der Waals surface area contributed by atoms with Gasteiger partial charge in [-0.15, -0.1) is 0 Å². The quantitative estimate of drug-likeness (QED) is 0.420. The van der Waals surface area contributed by atoms with Gasteiger partial charge in [-0.2, -0.15) is 0 Å². The van der Waals surface area contributed by atoms with Gasteiger partial charge in [-0.3, -0.25) is 0 Å². The van der Waals surface area contributed by atoms with Crippen LogP contribution in [-0.4, -0.2) is 0 Å². The highest BCUT2D eigenvalue weighted by Crippen LogP contribution is 2.40. The number of nitrogens with one attached hydrogen (secondary N) is 1. The predicted octanol–water partition coefficient (Wildman–Crippen LogP) is 7.07. The van der Waals surface area contributed by atoms with Crippen molar-refractivity contribution in [2.24, 2.45) is 0 Å². The molecule has 0 aliphatic heterocycles. The summed E-state index contributed by atoms with van der Waals surface area (Å²) >= 11 is 0. The van der Waals surface area contributed by atoms with Crippen molar-refractivity contribution < 1.29 is 0 Å². The lowest BCUT2D eigenvalue weighted by Gasteiger charge is -2.20. The number of benzene rings is 4. The predicted molar refractivity (Wildman–Crippen MR) is 112 cm³/mol. The Labute approximate surface area is 155 Å². The van der Waals surface area contributed by atoms with Gasteiger partial charge in [0.2, 0.25) is 0 Å². The molecule has 0 atom stereocenters. The van der Waals surface area contributed by atoms with Crippen LogP contribution in [0.15, 0.2) is 103 Å². The highest BCUT2D eigenvalue weighted by Gasteiger charge is 2.14. The largest absolute Gasteiger partial charge is 0.355 e. The highest BCUT2D eigenvalue weighted by molar-refractivity contribution is 5.94. The Hall–Kier alpha value is -3.32. The smallest absolute Gasteiger partial charge is 0.0546 e. The fraction of sp³-hybridized carbons (Fsp3) is 0.0400. The van der Waals surface area contributed by atoms with E-state index < -0.39 is 0 Å². The molecule has 0 saturated heterocycles. The van der Waals surface area contributed by atoms with Crippen molar-refractivity contribution in [2.75, 3.05) is 5.32 Å². The Balaban J connectivity index is 1.95. The lowest BCUT2D eigenvalue weighted by Crippen LogP contribution is -1.98. The molecule has 26 heavy (non-hydrogen) atoms. The summed E-state index contributed by atoms with van der Waals surface area (Å²) < 4.78 is 0. The normalized spacial score (nSPS) is 10.5. The molecular formula is C25H21N. The SMILES string of the molecule is Cc1ccc(-c2ccccc2)c(Nc2ccccc2)c1-c1ccccc1. The maximum Gasteiger partial charge on any atom is 0.0546 e. The molecule has 0 aliphatic rings. The maximum absolute atomic E-state index is 3.68. The van der Waals surface area contributed by atoms with E-state index in [1.54, 1.807) is 0 Å². The molecule has 0 saturated carbocycles. The Morgan fingerprint density at radius 3 is 1.69 bits per heavy atom. The summed E-state index contributed by atoms with van der Waals surface area (Å²) in [6, 6.07) is 35.9. The Bertz CT molecular complexity index is 990. The number of para-hydroxylation sites is 1. The molecule has 0 heterocycles. The monoisotopic (exact) mass is 335 g/mol. The zero-order valence-electron chi connectivity index (χ0n) is 14.8. The highest BCUT2D eigenvalue weighted by atomic mass is 14.9. The van der Waals surface area contributed by atoms with E-state index in [-0.39, 0.29) is 0 Å². The molecule has 0 bridgehead atoms. The van der Waals surface area contributed by atoms with Crippen LogP contribution in [0.3, 0.4) is 0 Å². The van der Waals surface area contributed by atoms with Crippen LogP contribution in [0.25, 0.3) is 22.3 Å². The first-order chi connectivity index (χ1) is 12.8. The van der Waals surface area contributed by atoms with Gasteiger partial charge >= 0.3 is 0 Å². The Kier molecular flexibility index (Phi) is 4.53. The molecule has 0 aromatic heterocycles. The zero-order chi connectivity index (χ0) is 17.8. The second-order valence-electron chi connectivity index (χ2n) is 6.40. The second kappa shape index (κ2) is 7.28. The minimum atomic E-state index is 1.09. The molecule has 126 valence electrons. The fourth-order valence-electron chi connectivity index (χ4n) is 3.34. The average molecular weight is 335 g/mol. The van der Waals surface area contributed by atoms with Crippen molar-refractivity contribution in [3.05, 3.63) is 109 Å². The first kappa shape index (κ1) is 16.2. The van der Waals surface area contributed by atoms with Crippen molar-refractivity contribution in [3.63, 3.8) is 0 Å². The summed E-state index contributed by atoms with van der Waals surface area (Å²) in [6.07, 6.45) is 0. The summed E-state index contributed by atoms with van der Waals surface area (Å²) in [5.74, 6) is 0. The van der Waals surface area contributed by atoms with Crippen LogP contribution in [0.2, 0.25) is 0 Å². The molecule has 0 fully saturated rings. The van der Waals surface area contributed by atoms with E-state index in [1.165, 1.54) is 27.8 Å². The van der Waals surface area contributed by atoms with Crippen molar-refractivity contribution in [3.8, 4) is 22.3 Å². The fourth-order valence-corrected chi connectivity index (χ4v) is 3.34. The third kappa shape index (κ3) is 3.25. The number of rotatable bonds is 4. The number of hydrogen-bond acceptors (Lipinski definition) is 1. The van der Waals surface area contributed by atoms with Gasteiger partial charge in [-0.1, -0.05) is 91.0 Å². The van der Waals surface area contributed by atoms with Gasteiger partial charge in [0.05, 0.1) is 5.69 Å². The Morgan fingerprint density at radius 2 is 1.08 bits per heavy atom. The van der Waals surface area contributed by atoms with Crippen LogP contribution >= 0.6 is 0 Å². The average Bonchev–Trinajstić information content (AvgIpc) is 2.70. The van der Waals surface area contributed by atoms with E-state index in [1.807, 2.05) is 6.07 Å². The van der Waals surface area contributed by atoms with Gasteiger partial charge in [0.15, 0.2) is 0 Å². The topological polar surface area (TPSA) is 12.0 Å². The van der Waals surface area contributed by atoms with Crippen molar-refractivity contribution >= 4 is 11.4 Å². The van der Waals surface area contributed by atoms with Crippen LogP contribution in [-0.2, 0) is 0 Å². The lowest BCUT2D eigenvalue weighted by molar-refractivity contribution is 1.43. The summed E-state index contributed by atoms with van der Waals surface area (Å²) in [5.41, 5.74) is 8.38. The number of aryl methyl sites for hydroxylation is 1. The maximum atomic E-state index is 3.68. The van der Waals surface area contributed by atoms with Crippen molar-refractivity contribution in [1.82, 2.24) is 0 Å². The molecule has 4 aromatic carbocycles. The molecule has 1 N–H and O–H groups in total. The van der Waals surface area contributed by atoms with Gasteiger partial charge in [0.25, 0.3) is 0 Å². The van der Waals surface area contributed by atoms with E-state index in [0.717, 1.165) is 11.4 Å². The summed E-state index contributed by atoms with van der Waals surface area (Å²) in [4.78, 5) is 0. The molecule has 1 heteroatoms. The minimum Gasteiger partial charge on any atom is -0.355 e. The second-order valence-corrected chi connectivity index (χ2v) is 6.40. The summed E-state index contributed by atoms with van der Waals surface area (Å²) in [6.45, 7) is 2.17. The summed E-state index contributed by atoms with van der Waals surface area (Å²) in [7, 11) is 0. The van der Waals surface area contributed by atoms with Crippen molar-refractivity contribution in [2.45, 2.75) is 6.92 Å². The molecule has 1 nitrogen and oxygen atoms in total. The minimum absolute atomic E-state index is 1.09. The van der Waals surface area contributed by atoms with Gasteiger partial charge in [-0.25, -0.2) is 0 Å². The third-order valence-electron chi connectivity index (χ3n) is 4.60. The summed E-state index contributed by atoms with van der Waals surface area (Å²) in [5, 5.41) is 3.68. The molecular weight excluding hydrogens is 314 g/mol. The van der Waals surface area contributed by atoms with Gasteiger partial charge in [-0.05, 0) is 35.7 Å². The third-order valence-corrected chi connectivity index (χ3v) is 4.60. The Morgan fingerprint density at radius 1 is 0.538 bits per heavy atom. The lowest BCUT2D eigenvalue weighted by atomic mass is 9.92. The van der Waals surface area contributed by atoms with E-state index in [2.05, 4.69) is 109 Å².